The summed E-state index contributed by atoms with van der Waals surface area (Å²) in [6.07, 6.45) is 53.2. The number of unbranched alkanes of at least 4 members (excludes halogenated alkanes) is 18. The van der Waals surface area contributed by atoms with Gasteiger partial charge < -0.3 is 20.4 Å². The van der Waals surface area contributed by atoms with Crippen LogP contribution in [0.15, 0.2) is 60.8 Å². The van der Waals surface area contributed by atoms with Crippen LogP contribution in [-0.4, -0.2) is 44.8 Å². The average molecular weight is 671 g/mol. The number of terminal acetylenes is 2. The maximum absolute atomic E-state index is 9.96. The summed E-state index contributed by atoms with van der Waals surface area (Å²) in [7, 11) is 0. The Morgan fingerprint density at radius 1 is 0.408 bits per heavy atom. The second-order valence-electron chi connectivity index (χ2n) is 12.5. The Morgan fingerprint density at radius 3 is 1.29 bits per heavy atom. The van der Waals surface area contributed by atoms with Crippen LogP contribution < -0.4 is 0 Å². The first-order valence-electron chi connectivity index (χ1n) is 18.9. The SMILES string of the molecule is C#C[C@@H](O)/C=C/CCCCCCCCCCCC/C=C\CCCC/C=C\CC/C=C/C#C[C@@H](O)C#C[C@H](O)CCCCC/C=C/[C@H](O)C#C. The van der Waals surface area contributed by atoms with Gasteiger partial charge in [0.25, 0.3) is 0 Å². The van der Waals surface area contributed by atoms with E-state index in [9.17, 15) is 20.4 Å². The fourth-order valence-corrected chi connectivity index (χ4v) is 5.02. The van der Waals surface area contributed by atoms with Gasteiger partial charge in [-0.05, 0) is 108 Å². The van der Waals surface area contributed by atoms with E-state index in [0.29, 0.717) is 6.42 Å². The molecule has 0 aliphatic carbocycles. The van der Waals surface area contributed by atoms with Crippen LogP contribution in [0.3, 0.4) is 0 Å². The van der Waals surface area contributed by atoms with Crippen LogP contribution in [0.25, 0.3) is 0 Å². The minimum absolute atomic E-state index is 0.557. The van der Waals surface area contributed by atoms with Crippen LogP contribution in [0.2, 0.25) is 0 Å². The highest BCUT2D eigenvalue weighted by Crippen LogP contribution is 2.13. The molecule has 4 N–H and O–H groups in total. The largest absolute Gasteiger partial charge is 0.380 e. The topological polar surface area (TPSA) is 80.9 Å². The van der Waals surface area contributed by atoms with Crippen LogP contribution in [-0.2, 0) is 0 Å². The van der Waals surface area contributed by atoms with Gasteiger partial charge in [-0.1, -0.05) is 136 Å². The van der Waals surface area contributed by atoms with E-state index in [1.54, 1.807) is 18.2 Å². The molecule has 0 amide bonds. The molecule has 0 fully saturated rings. The third-order valence-electron chi connectivity index (χ3n) is 7.95. The van der Waals surface area contributed by atoms with Crippen molar-refractivity contribution < 1.29 is 20.4 Å². The van der Waals surface area contributed by atoms with Crippen molar-refractivity contribution in [2.75, 3.05) is 0 Å². The van der Waals surface area contributed by atoms with Crippen LogP contribution >= 0.6 is 0 Å². The molecule has 4 atom stereocenters. The van der Waals surface area contributed by atoms with Crippen molar-refractivity contribution in [1.82, 2.24) is 0 Å². The Kier molecular flexibility index (Phi) is 35.1. The van der Waals surface area contributed by atoms with E-state index in [2.05, 4.69) is 59.8 Å². The first-order chi connectivity index (χ1) is 24.0. The van der Waals surface area contributed by atoms with Gasteiger partial charge in [0, 0.05) is 0 Å². The fourth-order valence-electron chi connectivity index (χ4n) is 5.02. The van der Waals surface area contributed by atoms with Crippen molar-refractivity contribution >= 4 is 0 Å². The average Bonchev–Trinajstić information content (AvgIpc) is 3.11. The molecule has 0 aromatic carbocycles. The van der Waals surface area contributed by atoms with Gasteiger partial charge in [0.1, 0.15) is 18.3 Å². The third-order valence-corrected chi connectivity index (χ3v) is 7.95. The monoisotopic (exact) mass is 670 g/mol. The second-order valence-corrected chi connectivity index (χ2v) is 12.5. The van der Waals surface area contributed by atoms with Crippen molar-refractivity contribution in [1.29, 1.82) is 0 Å². The number of rotatable bonds is 29. The Bertz CT molecular complexity index is 1120. The van der Waals surface area contributed by atoms with E-state index in [1.165, 1.54) is 89.9 Å². The summed E-state index contributed by atoms with van der Waals surface area (Å²) in [4.78, 5) is 0. The van der Waals surface area contributed by atoms with Gasteiger partial charge in [-0.15, -0.1) is 12.8 Å². The van der Waals surface area contributed by atoms with E-state index >= 15 is 0 Å². The molecule has 0 radical (unpaired) electrons. The molecule has 0 spiro atoms. The maximum Gasteiger partial charge on any atom is 0.177 e. The summed E-state index contributed by atoms with van der Waals surface area (Å²) < 4.78 is 0. The highest BCUT2D eigenvalue weighted by Gasteiger charge is 2.00. The minimum atomic E-state index is -1.06. The Labute approximate surface area is 301 Å². The lowest BCUT2D eigenvalue weighted by Crippen LogP contribution is -2.05. The lowest BCUT2D eigenvalue weighted by Gasteiger charge is -2.02. The zero-order chi connectivity index (χ0) is 35.9. The smallest absolute Gasteiger partial charge is 0.177 e. The van der Waals surface area contributed by atoms with Crippen molar-refractivity contribution in [2.45, 2.75) is 172 Å². The molecule has 0 saturated carbocycles. The van der Waals surface area contributed by atoms with Gasteiger partial charge in [-0.2, -0.15) is 0 Å². The summed E-state index contributed by atoms with van der Waals surface area (Å²) in [5.41, 5.74) is 0. The van der Waals surface area contributed by atoms with Crippen LogP contribution in [0.5, 0.6) is 0 Å². The molecule has 0 aromatic rings. The van der Waals surface area contributed by atoms with Gasteiger partial charge in [-0.3, -0.25) is 0 Å². The lowest BCUT2D eigenvalue weighted by atomic mass is 10.0. The second kappa shape index (κ2) is 37.6. The van der Waals surface area contributed by atoms with E-state index in [1.807, 2.05) is 18.2 Å². The zero-order valence-corrected chi connectivity index (χ0v) is 30.3. The number of hydrogen-bond acceptors (Lipinski definition) is 4. The van der Waals surface area contributed by atoms with Crippen LogP contribution in [0.4, 0.5) is 0 Å². The first-order valence-corrected chi connectivity index (χ1v) is 18.9. The summed E-state index contributed by atoms with van der Waals surface area (Å²) in [6.45, 7) is 0. The molecule has 0 aliphatic heterocycles. The molecule has 0 rings (SSSR count). The van der Waals surface area contributed by atoms with Gasteiger partial charge in [0.2, 0.25) is 0 Å². The normalized spacial score (nSPS) is 14.1. The van der Waals surface area contributed by atoms with Crippen molar-refractivity contribution in [3.8, 4) is 48.4 Å². The predicted octanol–water partition coefficient (Wildman–Crippen LogP) is 9.46. The summed E-state index contributed by atoms with van der Waals surface area (Å²) in [5.74, 6) is 15.3. The molecule has 0 aromatic heterocycles. The number of hydrogen-bond donors (Lipinski definition) is 4. The summed E-state index contributed by atoms with van der Waals surface area (Å²) in [5, 5.41) is 38.3. The maximum atomic E-state index is 9.96. The molecule has 4 nitrogen and oxygen atoms in total. The molecule has 0 heterocycles. The predicted molar refractivity (Wildman–Crippen MR) is 209 cm³/mol. The molecular formula is C45H66O4. The summed E-state index contributed by atoms with van der Waals surface area (Å²) >= 11 is 0. The van der Waals surface area contributed by atoms with E-state index in [4.69, 9.17) is 12.8 Å². The number of aliphatic hydroxyl groups is 4. The lowest BCUT2D eigenvalue weighted by molar-refractivity contribution is 0.216. The fraction of sp³-hybridized carbons (Fsp3) is 0.600. The molecule has 0 bridgehead atoms. The number of allylic oxidation sites excluding steroid dienone is 8. The number of aliphatic hydroxyl groups excluding tert-OH is 4. The van der Waals surface area contributed by atoms with Crippen LogP contribution in [0, 0.1) is 48.4 Å². The highest BCUT2D eigenvalue weighted by atomic mass is 16.3. The Balaban J connectivity index is 3.57. The van der Waals surface area contributed by atoms with E-state index in [-0.39, 0.29) is 0 Å². The van der Waals surface area contributed by atoms with Crippen molar-refractivity contribution in [2.24, 2.45) is 0 Å². The zero-order valence-electron chi connectivity index (χ0n) is 30.3. The minimum Gasteiger partial charge on any atom is -0.380 e. The van der Waals surface area contributed by atoms with Gasteiger partial charge in [0.05, 0.1) is 0 Å². The molecule has 0 unspecified atom stereocenters. The van der Waals surface area contributed by atoms with Gasteiger partial charge >= 0.3 is 0 Å². The van der Waals surface area contributed by atoms with Crippen LogP contribution in [0.1, 0.15) is 148 Å². The van der Waals surface area contributed by atoms with E-state index in [0.717, 1.165) is 51.4 Å². The molecule has 4 heteroatoms. The van der Waals surface area contributed by atoms with Crippen molar-refractivity contribution in [3.63, 3.8) is 0 Å². The third kappa shape index (κ3) is 37.4. The Hall–Kier alpha value is -3.22. The molecule has 270 valence electrons. The molecular weight excluding hydrogens is 604 g/mol. The van der Waals surface area contributed by atoms with Gasteiger partial charge in [0.15, 0.2) is 6.10 Å². The molecule has 0 saturated heterocycles. The van der Waals surface area contributed by atoms with Crippen molar-refractivity contribution in [3.05, 3.63) is 60.8 Å². The molecule has 49 heavy (non-hydrogen) atoms. The first kappa shape index (κ1) is 45.8. The molecule has 0 aliphatic rings. The van der Waals surface area contributed by atoms with E-state index < -0.39 is 24.4 Å². The highest BCUT2D eigenvalue weighted by molar-refractivity contribution is 5.25. The Morgan fingerprint density at radius 2 is 0.796 bits per heavy atom. The quantitative estimate of drug-likeness (QED) is 0.0363. The standard InChI is InChI=1S/C45H66O4/c1-3-42(46)36-32-28-25-23-21-19-17-15-13-11-9-7-5-6-8-10-12-14-16-18-20-22-24-26-29-34-38-44(48)40-41-45(49)39-35-31-27-30-33-37-43(47)4-2/h1-2,6,8,18,20,26,29,32-33,36-37,42-49H,5,7,9-17,19,21-25,27-28,30-31,35,39H2/b8-6-,20-18-,29-26+,36-32+,37-33+/t42-,43-,44-,45-/m1/s1. The summed E-state index contributed by atoms with van der Waals surface area (Å²) in [6, 6.07) is 0. The van der Waals surface area contributed by atoms with Gasteiger partial charge in [-0.25, -0.2) is 0 Å².